The van der Waals surface area contributed by atoms with Crippen molar-refractivity contribution < 1.29 is 0 Å². The normalized spacial score (nSPS) is 15.9. The van der Waals surface area contributed by atoms with Crippen molar-refractivity contribution in [3.05, 3.63) is 202 Å². The molecular weight excluding hydrogens is 1450 g/mol. The maximum absolute atomic E-state index is 6.41. The fourth-order valence-corrected chi connectivity index (χ4v) is 14.6. The lowest BCUT2D eigenvalue weighted by Gasteiger charge is -2.27. The van der Waals surface area contributed by atoms with Gasteiger partial charge < -0.3 is 21.3 Å². The van der Waals surface area contributed by atoms with E-state index in [-0.39, 0.29) is 0 Å². The first-order chi connectivity index (χ1) is 42.0. The van der Waals surface area contributed by atoms with Gasteiger partial charge in [-0.05, 0) is 143 Å². The molecule has 0 unspecified atom stereocenters. The number of hydrogen-bond donors (Lipinski definition) is 4. The van der Waals surface area contributed by atoms with Crippen molar-refractivity contribution in [2.75, 3.05) is 79.5 Å². The Morgan fingerprint density at radius 3 is 0.851 bits per heavy atom. The second kappa shape index (κ2) is 35.2. The largest absolute Gasteiger partial charge is 0.352 e. The summed E-state index contributed by atoms with van der Waals surface area (Å²) in [6.07, 6.45) is 3.54. The number of nitrogens with one attached hydrogen (secondary N) is 4. The van der Waals surface area contributed by atoms with Gasteiger partial charge in [-0.15, -0.1) is 0 Å². The first-order valence-electron chi connectivity index (χ1n) is 27.6. The van der Waals surface area contributed by atoms with Crippen LogP contribution in [0.25, 0.3) is 0 Å². The minimum atomic E-state index is 0.550. The Morgan fingerprint density at radius 1 is 0.322 bits per heavy atom. The zero-order valence-electron chi connectivity index (χ0n) is 46.8. The van der Waals surface area contributed by atoms with Gasteiger partial charge in [-0.1, -0.05) is 209 Å². The summed E-state index contributed by atoms with van der Waals surface area (Å²) in [5, 5.41) is 23.4. The summed E-state index contributed by atoms with van der Waals surface area (Å²) < 4.78 is 1.08. The van der Waals surface area contributed by atoms with E-state index in [9.17, 15) is 0 Å². The van der Waals surface area contributed by atoms with Gasteiger partial charge in [0, 0.05) is 53.7 Å². The predicted octanol–water partition coefficient (Wildman–Crippen LogP) is 17.3. The molecule has 4 aliphatic heterocycles. The number of rotatable bonds is 20. The van der Waals surface area contributed by atoms with Gasteiger partial charge in [0.25, 0.3) is 0 Å². The molecular formula is C60H61BrCl10N12S4. The van der Waals surface area contributed by atoms with Crippen molar-refractivity contribution >= 4 is 200 Å². The lowest BCUT2D eigenvalue weighted by atomic mass is 10.1. The first-order valence-corrected chi connectivity index (χ1v) is 36.1. The molecule has 87 heavy (non-hydrogen) atoms. The Hall–Kier alpha value is -2.18. The molecule has 0 fully saturated rings. The third-order valence-corrected chi connectivity index (χ3v) is 22.3. The van der Waals surface area contributed by atoms with E-state index in [1.165, 1.54) is 22.3 Å². The second-order valence-corrected chi connectivity index (χ2v) is 29.3. The zero-order chi connectivity index (χ0) is 61.2. The molecule has 6 aromatic rings. The van der Waals surface area contributed by atoms with E-state index in [1.807, 2.05) is 84.9 Å². The van der Waals surface area contributed by atoms with Crippen molar-refractivity contribution in [1.29, 1.82) is 0 Å². The number of thioether (sulfide) groups is 4. The van der Waals surface area contributed by atoms with Gasteiger partial charge in [-0.2, -0.15) is 0 Å². The SMILES string of the molecule is Clc1ccc(CCN2CN=C(SCc3cc(Cl)c(Cl)cc3CSC3=NCN(CCc4ccc(Cl)c(Cl)c4)CN3)NC2)cc1Cl.Clc1ccc(CCN2CN=C(SCc3ccc(Br)cc3CSC3=NCN(CCc4ccc(Cl)c(Cl)c4)CN3)NC2)cc1Cl. The monoisotopic (exact) mass is 1510 g/mol. The summed E-state index contributed by atoms with van der Waals surface area (Å²) in [5.74, 6) is 3.14. The third kappa shape index (κ3) is 22.2. The molecule has 12 nitrogen and oxygen atoms in total. The van der Waals surface area contributed by atoms with Crippen LogP contribution in [0, 0.1) is 0 Å². The van der Waals surface area contributed by atoms with Crippen LogP contribution in [0.4, 0.5) is 0 Å². The van der Waals surface area contributed by atoms with Gasteiger partial charge in [0.05, 0.1) is 104 Å². The molecule has 0 spiro atoms. The summed E-state index contributed by atoms with van der Waals surface area (Å²) >= 11 is 72.1. The van der Waals surface area contributed by atoms with E-state index in [0.717, 1.165) is 149 Å². The Labute approximate surface area is 585 Å². The molecule has 0 aliphatic carbocycles. The lowest BCUT2D eigenvalue weighted by Crippen LogP contribution is -2.42. The number of hydrogen-bond acceptors (Lipinski definition) is 16. The van der Waals surface area contributed by atoms with Crippen LogP contribution in [0.15, 0.2) is 128 Å². The molecule has 4 heterocycles. The van der Waals surface area contributed by atoms with Crippen molar-refractivity contribution in [2.45, 2.75) is 48.7 Å². The Bertz CT molecular complexity index is 3360. The first kappa shape index (κ1) is 69.2. The van der Waals surface area contributed by atoms with Crippen molar-refractivity contribution in [3.63, 3.8) is 0 Å². The quantitative estimate of drug-likeness (QED) is 0.0584. The predicted molar refractivity (Wildman–Crippen MR) is 384 cm³/mol. The molecule has 4 N–H and O–H groups in total. The van der Waals surface area contributed by atoms with Gasteiger partial charge >= 0.3 is 0 Å². The van der Waals surface area contributed by atoms with E-state index in [4.69, 9.17) is 136 Å². The molecule has 6 aromatic carbocycles. The molecule has 10 rings (SSSR count). The topological polar surface area (TPSA) is 111 Å². The highest BCUT2D eigenvalue weighted by Crippen LogP contribution is 2.33. The zero-order valence-corrected chi connectivity index (χ0v) is 59.2. The maximum Gasteiger partial charge on any atom is 0.159 e. The van der Waals surface area contributed by atoms with Crippen LogP contribution >= 0.6 is 179 Å². The van der Waals surface area contributed by atoms with E-state index >= 15 is 0 Å². The van der Waals surface area contributed by atoms with Gasteiger partial charge in [0.1, 0.15) is 0 Å². The Kier molecular flexibility index (Phi) is 28.0. The van der Waals surface area contributed by atoms with Crippen LogP contribution in [0.1, 0.15) is 44.5 Å². The molecule has 0 aromatic heterocycles. The van der Waals surface area contributed by atoms with Gasteiger partial charge in [0.15, 0.2) is 20.7 Å². The van der Waals surface area contributed by atoms with Gasteiger partial charge in [-0.25, -0.2) is 20.0 Å². The highest BCUT2D eigenvalue weighted by molar-refractivity contribution is 9.10. The number of nitrogens with zero attached hydrogens (tertiary/aromatic N) is 8. The van der Waals surface area contributed by atoms with E-state index in [1.54, 1.807) is 47.0 Å². The highest BCUT2D eigenvalue weighted by atomic mass is 79.9. The van der Waals surface area contributed by atoms with Crippen molar-refractivity contribution in [3.8, 4) is 0 Å². The van der Waals surface area contributed by atoms with Gasteiger partial charge in [0.2, 0.25) is 0 Å². The molecule has 0 amide bonds. The number of halogens is 11. The van der Waals surface area contributed by atoms with E-state index in [2.05, 4.69) is 75.0 Å². The minimum Gasteiger partial charge on any atom is -0.352 e. The Balaban J connectivity index is 0.000000208. The molecule has 462 valence electrons. The summed E-state index contributed by atoms with van der Waals surface area (Å²) in [4.78, 5) is 28.1. The van der Waals surface area contributed by atoms with Crippen LogP contribution in [-0.2, 0) is 48.7 Å². The van der Waals surface area contributed by atoms with Gasteiger partial charge in [-0.3, -0.25) is 19.6 Å². The second-order valence-electron chi connectivity index (χ2n) is 20.4. The standard InChI is InChI=1S/C30H31BrCl4N6S2.C30H30Cl6N6S2/c31-24-4-3-22(14-42-29-36-16-40(17-37-29)9-7-20-1-5-25(32)27(34)11-20)23(13-24)15-43-30-38-18-41(19-39-30)10-8-21-2-6-26(33)28(35)12-21;31-23-3-1-19(9-25(23)33)5-7-41-15-37-29(38-16-41)43-13-21-11-27(35)28(36)12-22(21)14-44-30-39-17-42(18-40-30)8-6-20-2-4-24(32)26(34)10-20/h1-6,11-13H,7-10,14-19H2,(H,36,37)(H,38,39);1-4,9-12H,5-8,13-18H2,(H,37,38)(H,39,40). The fraction of sp³-hybridized carbons (Fsp3) is 0.333. The smallest absolute Gasteiger partial charge is 0.159 e. The van der Waals surface area contributed by atoms with Crippen molar-refractivity contribution in [2.24, 2.45) is 20.0 Å². The number of aliphatic imine (C=N–C) groups is 4. The molecule has 27 heteroatoms. The summed E-state index contributed by atoms with van der Waals surface area (Å²) in [5.41, 5.74) is 9.49. The summed E-state index contributed by atoms with van der Waals surface area (Å²) in [6.45, 7) is 9.15. The lowest BCUT2D eigenvalue weighted by molar-refractivity contribution is 0.270. The number of benzene rings is 6. The average Bonchev–Trinajstić information content (AvgIpc) is 3.72. The van der Waals surface area contributed by atoms with Crippen LogP contribution in [-0.4, -0.2) is 120 Å². The maximum atomic E-state index is 6.41. The van der Waals surface area contributed by atoms with Crippen LogP contribution in [0.5, 0.6) is 0 Å². The average molecular weight is 1510 g/mol. The Morgan fingerprint density at radius 2 is 0.586 bits per heavy atom. The summed E-state index contributed by atoms with van der Waals surface area (Å²) in [6, 6.07) is 33.6. The number of amidine groups is 4. The summed E-state index contributed by atoms with van der Waals surface area (Å²) in [7, 11) is 0. The van der Waals surface area contributed by atoms with Crippen LogP contribution < -0.4 is 21.3 Å². The van der Waals surface area contributed by atoms with E-state index < -0.39 is 0 Å². The molecule has 4 aliphatic rings. The molecule has 0 radical (unpaired) electrons. The molecule has 0 bridgehead atoms. The molecule has 0 saturated heterocycles. The van der Waals surface area contributed by atoms with Crippen LogP contribution in [0.2, 0.25) is 50.2 Å². The minimum absolute atomic E-state index is 0.550. The van der Waals surface area contributed by atoms with Crippen molar-refractivity contribution in [1.82, 2.24) is 40.9 Å². The highest BCUT2D eigenvalue weighted by Gasteiger charge is 2.20. The van der Waals surface area contributed by atoms with E-state index in [0.29, 0.717) is 76.9 Å². The fourth-order valence-electron chi connectivity index (χ4n) is 9.07. The molecule has 0 saturated carbocycles. The third-order valence-electron chi connectivity index (χ3n) is 14.1. The molecule has 0 atom stereocenters. The van der Waals surface area contributed by atoms with Crippen LogP contribution in [0.3, 0.4) is 0 Å².